The van der Waals surface area contributed by atoms with Gasteiger partial charge in [0.1, 0.15) is 11.6 Å². The zero-order valence-electron chi connectivity index (χ0n) is 22.7. The van der Waals surface area contributed by atoms with E-state index in [4.69, 9.17) is 9.47 Å². The molecule has 0 aliphatic rings. The Morgan fingerprint density at radius 2 is 1.51 bits per heavy atom. The largest absolute Gasteiger partial charge is 0.450 e. The average Bonchev–Trinajstić information content (AvgIpc) is 3.60. The number of unbranched alkanes of at least 4 members (excludes halogenated alkanes) is 1. The number of hydrogen-bond donors (Lipinski definition) is 2. The van der Waals surface area contributed by atoms with E-state index in [1.54, 1.807) is 48.3 Å². The summed E-state index contributed by atoms with van der Waals surface area (Å²) in [7, 11) is 0. The number of benzene rings is 1. The average molecular weight is 572 g/mol. The Bertz CT molecular complexity index is 1110. The number of carbonyl (C=O) groups is 3. The Morgan fingerprint density at radius 1 is 0.872 bits per heavy atom. The number of amides is 3. The molecular weight excluding hydrogens is 534 g/mol. The summed E-state index contributed by atoms with van der Waals surface area (Å²) in [5.74, 6) is -0.181. The summed E-state index contributed by atoms with van der Waals surface area (Å²) in [4.78, 5) is 40.2. The van der Waals surface area contributed by atoms with Crippen LogP contribution in [0.1, 0.15) is 56.7 Å². The highest BCUT2D eigenvalue weighted by atomic mass is 32.1. The van der Waals surface area contributed by atoms with Gasteiger partial charge in [-0.05, 0) is 90.4 Å². The number of thiophene rings is 2. The molecular formula is C29H37N3O5S2. The first-order chi connectivity index (χ1) is 18.7. The van der Waals surface area contributed by atoms with Crippen molar-refractivity contribution in [3.8, 4) is 0 Å². The highest BCUT2D eigenvalue weighted by Gasteiger charge is 2.28. The fourth-order valence-corrected chi connectivity index (χ4v) is 5.10. The van der Waals surface area contributed by atoms with E-state index in [0.717, 1.165) is 16.7 Å². The lowest BCUT2D eigenvalue weighted by Gasteiger charge is -2.29. The highest BCUT2D eigenvalue weighted by molar-refractivity contribution is 7.08. The molecule has 0 saturated heterocycles. The molecule has 8 nitrogen and oxygen atoms in total. The Balaban J connectivity index is 1.57. The third kappa shape index (κ3) is 11.5. The highest BCUT2D eigenvalue weighted by Crippen LogP contribution is 2.18. The molecule has 0 aliphatic carbocycles. The van der Waals surface area contributed by atoms with Gasteiger partial charge in [0, 0.05) is 19.6 Å². The van der Waals surface area contributed by atoms with Crippen LogP contribution in [0.4, 0.5) is 9.59 Å². The first-order valence-corrected chi connectivity index (χ1v) is 14.8. The number of alkyl carbamates (subject to hydrolysis) is 2. The quantitative estimate of drug-likeness (QED) is 0.234. The molecule has 2 N–H and O–H groups in total. The van der Waals surface area contributed by atoms with Crippen LogP contribution in [0, 0.1) is 0 Å². The van der Waals surface area contributed by atoms with Crippen LogP contribution in [0.5, 0.6) is 0 Å². The molecule has 0 fully saturated rings. The maximum absolute atomic E-state index is 13.8. The van der Waals surface area contributed by atoms with Gasteiger partial charge in [-0.2, -0.15) is 22.7 Å². The van der Waals surface area contributed by atoms with Gasteiger partial charge in [0.2, 0.25) is 5.91 Å². The van der Waals surface area contributed by atoms with Gasteiger partial charge in [-0.1, -0.05) is 30.3 Å². The monoisotopic (exact) mass is 571 g/mol. The van der Waals surface area contributed by atoms with E-state index in [1.165, 1.54) is 0 Å². The molecule has 2 heterocycles. The number of nitrogens with one attached hydrogen (secondary N) is 2. The molecule has 10 heteroatoms. The Kier molecular flexibility index (Phi) is 11.8. The summed E-state index contributed by atoms with van der Waals surface area (Å²) in [5, 5.41) is 13.5. The molecule has 0 radical (unpaired) electrons. The van der Waals surface area contributed by atoms with Gasteiger partial charge in [0.05, 0.1) is 6.61 Å². The van der Waals surface area contributed by atoms with Gasteiger partial charge >= 0.3 is 12.2 Å². The molecule has 39 heavy (non-hydrogen) atoms. The number of rotatable bonds is 13. The zero-order chi connectivity index (χ0) is 28.1. The van der Waals surface area contributed by atoms with Crippen LogP contribution in [0.15, 0.2) is 64.0 Å². The van der Waals surface area contributed by atoms with Gasteiger partial charge in [-0.3, -0.25) is 4.79 Å². The van der Waals surface area contributed by atoms with Crippen molar-refractivity contribution in [2.45, 2.75) is 71.3 Å². The van der Waals surface area contributed by atoms with Crippen molar-refractivity contribution >= 4 is 40.8 Å². The second kappa shape index (κ2) is 15.3. The minimum atomic E-state index is -0.774. The van der Waals surface area contributed by atoms with Gasteiger partial charge in [-0.15, -0.1) is 0 Å². The first-order valence-electron chi connectivity index (χ1n) is 12.9. The Morgan fingerprint density at radius 3 is 2.08 bits per heavy atom. The SMILES string of the molecule is CC(C)(C)OC(=O)N[C@@H](CCCCOC(=O)NCc1ccccc1)C(=O)N(Cc1ccsc1)Cc1ccsc1. The van der Waals surface area contributed by atoms with Crippen LogP contribution in [-0.4, -0.2) is 41.2 Å². The van der Waals surface area contributed by atoms with Crippen LogP contribution < -0.4 is 10.6 Å². The smallest absolute Gasteiger partial charge is 0.408 e. The van der Waals surface area contributed by atoms with Crippen molar-refractivity contribution in [1.29, 1.82) is 0 Å². The predicted molar refractivity (Wildman–Crippen MR) is 155 cm³/mol. The molecule has 1 atom stereocenters. The summed E-state index contributed by atoms with van der Waals surface area (Å²) in [5.41, 5.74) is 2.37. The maximum atomic E-state index is 13.8. The molecule has 1 aromatic carbocycles. The second-order valence-corrected chi connectivity index (χ2v) is 11.7. The molecule has 0 bridgehead atoms. The summed E-state index contributed by atoms with van der Waals surface area (Å²) < 4.78 is 10.7. The predicted octanol–water partition coefficient (Wildman–Crippen LogP) is 6.33. The fourth-order valence-electron chi connectivity index (χ4n) is 3.78. The lowest BCUT2D eigenvalue weighted by molar-refractivity contribution is -0.135. The van der Waals surface area contributed by atoms with Gasteiger partial charge in [-0.25, -0.2) is 9.59 Å². The maximum Gasteiger partial charge on any atom is 0.408 e. The van der Waals surface area contributed by atoms with Crippen LogP contribution in [0.3, 0.4) is 0 Å². The van der Waals surface area contributed by atoms with Crippen LogP contribution in [-0.2, 0) is 33.9 Å². The molecule has 3 amide bonds. The zero-order valence-corrected chi connectivity index (χ0v) is 24.3. The van der Waals surface area contributed by atoms with E-state index in [1.807, 2.05) is 64.0 Å². The third-order valence-electron chi connectivity index (χ3n) is 5.61. The van der Waals surface area contributed by atoms with E-state index in [9.17, 15) is 14.4 Å². The van der Waals surface area contributed by atoms with E-state index in [-0.39, 0.29) is 12.5 Å². The lowest BCUT2D eigenvalue weighted by Crippen LogP contribution is -2.49. The van der Waals surface area contributed by atoms with E-state index >= 15 is 0 Å². The molecule has 3 aromatic rings. The topological polar surface area (TPSA) is 97.0 Å². The van der Waals surface area contributed by atoms with Crippen molar-refractivity contribution in [3.63, 3.8) is 0 Å². The number of ether oxygens (including phenoxy) is 2. The van der Waals surface area contributed by atoms with Crippen molar-refractivity contribution in [2.75, 3.05) is 6.61 Å². The minimum absolute atomic E-state index is 0.181. The number of nitrogens with zero attached hydrogens (tertiary/aromatic N) is 1. The molecule has 0 aliphatic heterocycles. The Labute approximate surface area is 238 Å². The van der Waals surface area contributed by atoms with Crippen LogP contribution in [0.25, 0.3) is 0 Å². The van der Waals surface area contributed by atoms with E-state index in [0.29, 0.717) is 38.9 Å². The van der Waals surface area contributed by atoms with Crippen LogP contribution >= 0.6 is 22.7 Å². The third-order valence-corrected chi connectivity index (χ3v) is 7.07. The first kappa shape index (κ1) is 30.2. The molecule has 210 valence electrons. The standard InChI is InChI=1S/C29H37N3O5S2/c1-29(2,3)37-28(35)31-25(11-7-8-14-36-27(34)30-17-22-9-5-4-6-10-22)26(33)32(18-23-12-15-38-20-23)19-24-13-16-39-21-24/h4-6,9-10,12-13,15-16,20-21,25H,7-8,11,14,17-19H2,1-3H3,(H,30,34)(H,31,35)/t25-/m0/s1. The van der Waals surface area contributed by atoms with Crippen molar-refractivity contribution in [2.24, 2.45) is 0 Å². The summed E-state index contributed by atoms with van der Waals surface area (Å²) in [6, 6.07) is 12.8. The van der Waals surface area contributed by atoms with Gasteiger partial charge in [0.15, 0.2) is 0 Å². The number of carbonyl (C=O) groups excluding carboxylic acids is 3. The summed E-state index contributed by atoms with van der Waals surface area (Å²) in [6.45, 7) is 6.82. The Hall–Kier alpha value is -3.37. The van der Waals surface area contributed by atoms with E-state index in [2.05, 4.69) is 10.6 Å². The van der Waals surface area contributed by atoms with Gasteiger partial charge in [0.25, 0.3) is 0 Å². The van der Waals surface area contributed by atoms with Crippen molar-refractivity contribution < 1.29 is 23.9 Å². The lowest BCUT2D eigenvalue weighted by atomic mass is 10.1. The normalized spacial score (nSPS) is 11.9. The fraction of sp³-hybridized carbons (Fsp3) is 0.414. The van der Waals surface area contributed by atoms with Crippen molar-refractivity contribution in [1.82, 2.24) is 15.5 Å². The molecule has 0 unspecified atom stereocenters. The van der Waals surface area contributed by atoms with Gasteiger partial charge < -0.3 is 25.0 Å². The second-order valence-electron chi connectivity index (χ2n) is 10.1. The van der Waals surface area contributed by atoms with Crippen molar-refractivity contribution in [3.05, 3.63) is 80.7 Å². The molecule has 3 rings (SSSR count). The molecule has 0 saturated carbocycles. The van der Waals surface area contributed by atoms with E-state index < -0.39 is 23.8 Å². The number of hydrogen-bond acceptors (Lipinski definition) is 7. The summed E-state index contributed by atoms with van der Waals surface area (Å²) in [6.07, 6.45) is 0.382. The summed E-state index contributed by atoms with van der Waals surface area (Å²) >= 11 is 3.16. The molecule has 0 spiro atoms. The van der Waals surface area contributed by atoms with Crippen LogP contribution in [0.2, 0.25) is 0 Å². The minimum Gasteiger partial charge on any atom is -0.450 e. The molecule has 2 aromatic heterocycles.